The summed E-state index contributed by atoms with van der Waals surface area (Å²) in [6.07, 6.45) is -0.223. The maximum absolute atomic E-state index is 10.7. The van der Waals surface area contributed by atoms with Gasteiger partial charge in [0.05, 0.1) is 12.2 Å². The van der Waals surface area contributed by atoms with Crippen molar-refractivity contribution in [2.75, 3.05) is 13.2 Å². The fraction of sp³-hybridized carbons (Fsp3) is 0.364. The molecule has 0 radical (unpaired) electrons. The van der Waals surface area contributed by atoms with E-state index in [1.54, 1.807) is 12.1 Å². The lowest BCUT2D eigenvalue weighted by Gasteiger charge is -2.11. The van der Waals surface area contributed by atoms with E-state index < -0.39 is 6.10 Å². The minimum Gasteiger partial charge on any atom is -0.490 e. The number of hydrogen-bond acceptors (Lipinski definition) is 4. The van der Waals surface area contributed by atoms with Crippen molar-refractivity contribution >= 4 is 6.29 Å². The van der Waals surface area contributed by atoms with Crippen LogP contribution >= 0.6 is 0 Å². The normalized spacial score (nSPS) is 12.2. The zero-order valence-corrected chi connectivity index (χ0v) is 8.51. The highest BCUT2D eigenvalue weighted by Gasteiger charge is 2.06. The Kier molecular flexibility index (Phi) is 4.27. The molecule has 0 bridgehead atoms. The number of aliphatic hydroxyl groups is 2. The predicted octanol–water partition coefficient (Wildman–Crippen LogP) is 0.540. The van der Waals surface area contributed by atoms with E-state index in [1.807, 2.05) is 13.0 Å². The first-order chi connectivity index (χ1) is 7.17. The Hall–Kier alpha value is -1.39. The van der Waals surface area contributed by atoms with Gasteiger partial charge in [0.25, 0.3) is 0 Å². The number of benzene rings is 1. The zero-order chi connectivity index (χ0) is 11.3. The monoisotopic (exact) mass is 210 g/mol. The Balaban J connectivity index is 2.72. The number of aryl methyl sites for hydroxylation is 1. The van der Waals surface area contributed by atoms with Gasteiger partial charge >= 0.3 is 0 Å². The van der Waals surface area contributed by atoms with Crippen LogP contribution in [0.1, 0.15) is 15.9 Å². The molecule has 4 nitrogen and oxygen atoms in total. The van der Waals surface area contributed by atoms with Gasteiger partial charge in [-0.3, -0.25) is 4.79 Å². The lowest BCUT2D eigenvalue weighted by Crippen LogP contribution is -2.21. The van der Waals surface area contributed by atoms with Crippen molar-refractivity contribution in [2.45, 2.75) is 13.0 Å². The summed E-state index contributed by atoms with van der Waals surface area (Å²) < 4.78 is 5.19. The van der Waals surface area contributed by atoms with Crippen LogP contribution in [0, 0.1) is 6.92 Å². The minimum atomic E-state index is -0.925. The number of rotatable bonds is 5. The van der Waals surface area contributed by atoms with Crippen LogP contribution < -0.4 is 4.74 Å². The molecule has 1 atom stereocenters. The van der Waals surface area contributed by atoms with Gasteiger partial charge in [-0.05, 0) is 19.1 Å². The maximum Gasteiger partial charge on any atom is 0.153 e. The molecule has 1 aromatic rings. The fourth-order valence-electron chi connectivity index (χ4n) is 1.13. The molecule has 82 valence electrons. The van der Waals surface area contributed by atoms with Crippen LogP contribution in [0.2, 0.25) is 0 Å². The van der Waals surface area contributed by atoms with Crippen LogP contribution in [0.25, 0.3) is 0 Å². The van der Waals surface area contributed by atoms with E-state index >= 15 is 0 Å². The van der Waals surface area contributed by atoms with Crippen molar-refractivity contribution in [3.8, 4) is 5.75 Å². The summed E-state index contributed by atoms with van der Waals surface area (Å²) in [6, 6.07) is 5.19. The zero-order valence-electron chi connectivity index (χ0n) is 8.51. The molecule has 1 aromatic carbocycles. The molecular weight excluding hydrogens is 196 g/mol. The average molecular weight is 210 g/mol. The highest BCUT2D eigenvalue weighted by molar-refractivity contribution is 5.79. The molecule has 0 aromatic heterocycles. The van der Waals surface area contributed by atoms with Crippen LogP contribution in [0.5, 0.6) is 5.75 Å². The molecule has 2 N–H and O–H groups in total. The van der Waals surface area contributed by atoms with Gasteiger partial charge in [-0.25, -0.2) is 0 Å². The molecule has 0 amide bonds. The molecular formula is C11H14O4. The first-order valence-electron chi connectivity index (χ1n) is 4.65. The van der Waals surface area contributed by atoms with Crippen LogP contribution in [-0.2, 0) is 0 Å². The number of aldehydes is 1. The SMILES string of the molecule is Cc1ccc(OCC(O)CO)c(C=O)c1. The van der Waals surface area contributed by atoms with Gasteiger partial charge in [0.2, 0.25) is 0 Å². The lowest BCUT2D eigenvalue weighted by atomic mass is 10.1. The van der Waals surface area contributed by atoms with Crippen molar-refractivity contribution < 1.29 is 19.7 Å². The molecule has 0 fully saturated rings. The van der Waals surface area contributed by atoms with Crippen molar-refractivity contribution in [1.29, 1.82) is 0 Å². The second kappa shape index (κ2) is 5.48. The standard InChI is InChI=1S/C11H14O4/c1-8-2-3-11(9(4-8)5-12)15-7-10(14)6-13/h2-5,10,13-14H,6-7H2,1H3. The third-order valence-electron chi connectivity index (χ3n) is 1.93. The molecule has 0 heterocycles. The van der Waals surface area contributed by atoms with Crippen molar-refractivity contribution in [2.24, 2.45) is 0 Å². The number of carbonyl (C=O) groups excluding carboxylic acids is 1. The van der Waals surface area contributed by atoms with Crippen LogP contribution in [0.4, 0.5) is 0 Å². The van der Waals surface area contributed by atoms with Gasteiger partial charge in [-0.1, -0.05) is 11.6 Å². The third-order valence-corrected chi connectivity index (χ3v) is 1.93. The Morgan fingerprint density at radius 2 is 2.27 bits per heavy atom. The highest BCUT2D eigenvalue weighted by atomic mass is 16.5. The Bertz CT molecular complexity index is 335. The molecule has 0 saturated heterocycles. The Morgan fingerprint density at radius 1 is 1.53 bits per heavy atom. The summed E-state index contributed by atoms with van der Waals surface area (Å²) in [7, 11) is 0. The predicted molar refractivity (Wildman–Crippen MR) is 55.2 cm³/mol. The van der Waals surface area contributed by atoms with E-state index in [2.05, 4.69) is 0 Å². The van der Waals surface area contributed by atoms with Gasteiger partial charge in [-0.2, -0.15) is 0 Å². The molecule has 0 aliphatic heterocycles. The molecule has 0 spiro atoms. The summed E-state index contributed by atoms with van der Waals surface area (Å²) in [5.74, 6) is 0.420. The van der Waals surface area contributed by atoms with E-state index in [1.165, 1.54) is 0 Å². The number of hydrogen-bond donors (Lipinski definition) is 2. The van der Waals surface area contributed by atoms with Gasteiger partial charge in [0, 0.05) is 0 Å². The van der Waals surface area contributed by atoms with E-state index in [-0.39, 0.29) is 13.2 Å². The first-order valence-corrected chi connectivity index (χ1v) is 4.65. The Labute approximate surface area is 88.1 Å². The lowest BCUT2D eigenvalue weighted by molar-refractivity contribution is 0.0533. The number of ether oxygens (including phenoxy) is 1. The molecule has 0 aliphatic carbocycles. The third kappa shape index (κ3) is 3.34. The second-order valence-electron chi connectivity index (χ2n) is 3.31. The van der Waals surface area contributed by atoms with E-state index in [0.29, 0.717) is 17.6 Å². The van der Waals surface area contributed by atoms with Gasteiger partial charge < -0.3 is 14.9 Å². The van der Waals surface area contributed by atoms with E-state index in [9.17, 15) is 4.79 Å². The second-order valence-corrected chi connectivity index (χ2v) is 3.31. The minimum absolute atomic E-state index is 0.0274. The number of aliphatic hydroxyl groups excluding tert-OH is 2. The first kappa shape index (κ1) is 11.7. The maximum atomic E-state index is 10.7. The summed E-state index contributed by atoms with van der Waals surface area (Å²) in [6.45, 7) is 1.49. The van der Waals surface area contributed by atoms with E-state index in [4.69, 9.17) is 14.9 Å². The summed E-state index contributed by atoms with van der Waals surface area (Å²) in [4.78, 5) is 10.7. The van der Waals surface area contributed by atoms with Crippen LogP contribution in [-0.4, -0.2) is 35.8 Å². The van der Waals surface area contributed by atoms with Crippen LogP contribution in [0.3, 0.4) is 0 Å². The molecule has 4 heteroatoms. The van der Waals surface area contributed by atoms with E-state index in [0.717, 1.165) is 5.56 Å². The van der Waals surface area contributed by atoms with Gasteiger partial charge in [0.15, 0.2) is 6.29 Å². The quantitative estimate of drug-likeness (QED) is 0.696. The summed E-state index contributed by atoms with van der Waals surface area (Å²) in [5, 5.41) is 17.7. The summed E-state index contributed by atoms with van der Waals surface area (Å²) in [5.41, 5.74) is 1.41. The van der Waals surface area contributed by atoms with Crippen molar-refractivity contribution in [1.82, 2.24) is 0 Å². The smallest absolute Gasteiger partial charge is 0.153 e. The summed E-state index contributed by atoms with van der Waals surface area (Å²) >= 11 is 0. The van der Waals surface area contributed by atoms with Gasteiger partial charge in [0.1, 0.15) is 18.5 Å². The van der Waals surface area contributed by atoms with Crippen LogP contribution in [0.15, 0.2) is 18.2 Å². The Morgan fingerprint density at radius 3 is 2.87 bits per heavy atom. The van der Waals surface area contributed by atoms with Crippen molar-refractivity contribution in [3.05, 3.63) is 29.3 Å². The fourth-order valence-corrected chi connectivity index (χ4v) is 1.13. The van der Waals surface area contributed by atoms with Gasteiger partial charge in [-0.15, -0.1) is 0 Å². The molecule has 1 rings (SSSR count). The van der Waals surface area contributed by atoms with Crippen molar-refractivity contribution in [3.63, 3.8) is 0 Å². The number of carbonyl (C=O) groups is 1. The molecule has 0 saturated carbocycles. The molecule has 15 heavy (non-hydrogen) atoms. The molecule has 1 unspecified atom stereocenters. The highest BCUT2D eigenvalue weighted by Crippen LogP contribution is 2.18. The molecule has 0 aliphatic rings. The topological polar surface area (TPSA) is 66.8 Å². The average Bonchev–Trinajstić information content (AvgIpc) is 2.26. The largest absolute Gasteiger partial charge is 0.490 e.